The van der Waals surface area contributed by atoms with Gasteiger partial charge >= 0.3 is 0 Å². The van der Waals surface area contributed by atoms with Gasteiger partial charge in [0, 0.05) is 23.7 Å². The van der Waals surface area contributed by atoms with Crippen LogP contribution in [0.25, 0.3) is 10.9 Å². The van der Waals surface area contributed by atoms with Crippen LogP contribution < -0.4 is 0 Å². The Hall–Kier alpha value is -1.83. The van der Waals surface area contributed by atoms with Crippen LogP contribution in [0.4, 0.5) is 0 Å². The summed E-state index contributed by atoms with van der Waals surface area (Å²) < 4.78 is 0. The molecule has 9 rings (SSSR count). The SMILES string of the molecule is C=C[C@H]1CN2CC[C@H]1C[C@@H]2[C@@H](O)c1cc(CC[C@@H](C)[C@H]2CC[C@H]3[C@@H]4[C@H](O)C[C@@H]5C[C@H](O)CC[C@]5(C)[C@H]4C[C@H](O)[C@]23C)nc2ccccc12. The lowest BCUT2D eigenvalue weighted by molar-refractivity contribution is -0.207. The number of fused-ring (bicyclic) bond motifs is 9. The maximum absolute atomic E-state index is 12.1. The van der Waals surface area contributed by atoms with E-state index in [1.807, 2.05) is 6.07 Å². The first-order valence-electron chi connectivity index (χ1n) is 19.5. The van der Waals surface area contributed by atoms with Crippen LogP contribution in [0.2, 0.25) is 0 Å². The number of aromatic nitrogens is 1. The molecule has 7 fully saturated rings. The quantitative estimate of drug-likeness (QED) is 0.248. The fourth-order valence-electron chi connectivity index (χ4n) is 13.3. The summed E-state index contributed by atoms with van der Waals surface area (Å²) in [6.45, 7) is 13.3. The summed E-state index contributed by atoms with van der Waals surface area (Å²) >= 11 is 0. The van der Waals surface area contributed by atoms with Gasteiger partial charge in [-0.2, -0.15) is 0 Å². The first kappa shape index (κ1) is 33.3. The molecule has 0 spiro atoms. The van der Waals surface area contributed by atoms with E-state index in [-0.39, 0.29) is 41.1 Å². The molecule has 0 radical (unpaired) electrons. The lowest BCUT2D eigenvalue weighted by Crippen LogP contribution is -2.62. The van der Waals surface area contributed by atoms with Crippen molar-refractivity contribution in [1.82, 2.24) is 9.88 Å². The van der Waals surface area contributed by atoms with Crippen molar-refractivity contribution in [2.45, 2.75) is 122 Å². The molecule has 1 aromatic heterocycles. The number of rotatable bonds is 7. The molecule has 6 nitrogen and oxygen atoms in total. The van der Waals surface area contributed by atoms with Gasteiger partial charge in [0.25, 0.3) is 0 Å². The van der Waals surface area contributed by atoms with Gasteiger partial charge in [-0.25, -0.2) is 0 Å². The van der Waals surface area contributed by atoms with Crippen LogP contribution in [0.1, 0.15) is 102 Å². The van der Waals surface area contributed by atoms with E-state index < -0.39 is 6.10 Å². The van der Waals surface area contributed by atoms with E-state index in [1.54, 1.807) is 0 Å². The maximum atomic E-state index is 12.1. The number of piperidine rings is 3. The number of pyridine rings is 1. The summed E-state index contributed by atoms with van der Waals surface area (Å²) in [7, 11) is 0. The Bertz CT molecular complexity index is 1510. The zero-order valence-corrected chi connectivity index (χ0v) is 29.6. The van der Waals surface area contributed by atoms with Crippen LogP contribution in [-0.2, 0) is 6.42 Å². The molecule has 4 heterocycles. The van der Waals surface area contributed by atoms with Gasteiger partial charge in [0.05, 0.1) is 29.9 Å². The van der Waals surface area contributed by atoms with Gasteiger partial charge in [-0.15, -0.1) is 6.58 Å². The predicted molar refractivity (Wildman–Crippen MR) is 190 cm³/mol. The molecular formula is C42H60N2O4. The van der Waals surface area contributed by atoms with Crippen molar-refractivity contribution in [2.24, 2.45) is 58.2 Å². The zero-order chi connectivity index (χ0) is 33.5. The second-order valence-corrected chi connectivity index (χ2v) is 18.0. The average Bonchev–Trinajstić information content (AvgIpc) is 3.46. The van der Waals surface area contributed by atoms with E-state index in [0.717, 1.165) is 99.5 Å². The monoisotopic (exact) mass is 656 g/mol. The molecule has 7 aliphatic rings. The minimum atomic E-state index is -0.543. The third kappa shape index (κ3) is 5.17. The molecule has 3 saturated heterocycles. The number of aliphatic hydroxyl groups is 4. The molecule has 16 atom stereocenters. The van der Waals surface area contributed by atoms with E-state index in [4.69, 9.17) is 4.98 Å². The smallest absolute Gasteiger partial charge is 0.0952 e. The van der Waals surface area contributed by atoms with Crippen LogP contribution >= 0.6 is 0 Å². The average molecular weight is 657 g/mol. The van der Waals surface area contributed by atoms with Gasteiger partial charge in [-0.1, -0.05) is 45.0 Å². The number of hydrogen-bond donors (Lipinski definition) is 4. The Kier molecular flexibility index (Phi) is 8.64. The molecule has 4 aliphatic carbocycles. The van der Waals surface area contributed by atoms with Crippen molar-refractivity contribution < 1.29 is 20.4 Å². The molecule has 6 heteroatoms. The number of aryl methyl sites for hydroxylation is 1. The molecule has 1 aromatic carbocycles. The van der Waals surface area contributed by atoms with Crippen LogP contribution in [0, 0.1) is 58.2 Å². The molecule has 4 saturated carbocycles. The highest BCUT2D eigenvalue weighted by molar-refractivity contribution is 5.82. The van der Waals surface area contributed by atoms with E-state index in [1.165, 1.54) is 6.42 Å². The number of aliphatic hydroxyl groups excluding tert-OH is 4. The third-order valence-electron chi connectivity index (χ3n) is 16.0. The standard InChI is InChI=1S/C42H60N2O4/c1-5-25-23-44-17-15-26(25)18-36(44)40(48)31-21-28(43-35-9-7-6-8-30(31)35)11-10-24(2)32-12-13-33-39-34(22-38(47)42(32,33)4)41(3)16-14-29(45)19-27(41)20-37(39)46/h5-9,21,24-27,29,32-34,36-40,45-48H,1,10-20,22-23H2,2-4H3/t24-,25+,26+,27+,29-,32-,33+,34+,36-,37-,38+,39+,40+,41+,42-/m1/s1. The third-order valence-corrected chi connectivity index (χ3v) is 16.0. The van der Waals surface area contributed by atoms with E-state index in [9.17, 15) is 20.4 Å². The number of benzene rings is 1. The Morgan fingerprint density at radius 2 is 1.83 bits per heavy atom. The van der Waals surface area contributed by atoms with Crippen LogP contribution in [0.3, 0.4) is 0 Å². The Labute approximate surface area is 288 Å². The molecule has 0 amide bonds. The van der Waals surface area contributed by atoms with Crippen LogP contribution in [0.15, 0.2) is 43.0 Å². The van der Waals surface area contributed by atoms with Crippen molar-refractivity contribution in [3.8, 4) is 0 Å². The van der Waals surface area contributed by atoms with Crippen molar-refractivity contribution in [3.63, 3.8) is 0 Å². The molecule has 262 valence electrons. The fraction of sp³-hybridized carbons (Fsp3) is 0.738. The number of para-hydroxylation sites is 1. The second-order valence-electron chi connectivity index (χ2n) is 18.0. The van der Waals surface area contributed by atoms with Crippen molar-refractivity contribution in [1.29, 1.82) is 0 Å². The Morgan fingerprint density at radius 1 is 1.02 bits per heavy atom. The summed E-state index contributed by atoms with van der Waals surface area (Å²) in [6.07, 6.45) is 11.1. The highest BCUT2D eigenvalue weighted by atomic mass is 16.3. The van der Waals surface area contributed by atoms with E-state index in [0.29, 0.717) is 41.4 Å². The topological polar surface area (TPSA) is 97.1 Å². The van der Waals surface area contributed by atoms with Crippen molar-refractivity contribution >= 4 is 10.9 Å². The molecule has 1 unspecified atom stereocenters. The molecule has 2 aromatic rings. The Balaban J connectivity index is 1.00. The highest BCUT2D eigenvalue weighted by Gasteiger charge is 2.65. The summed E-state index contributed by atoms with van der Waals surface area (Å²) in [5.41, 5.74) is 2.94. The van der Waals surface area contributed by atoms with Crippen LogP contribution in [-0.4, -0.2) is 67.8 Å². The van der Waals surface area contributed by atoms with Crippen molar-refractivity contribution in [3.05, 3.63) is 54.2 Å². The molecule has 3 aliphatic heterocycles. The van der Waals surface area contributed by atoms with Crippen LogP contribution in [0.5, 0.6) is 0 Å². The number of hydrogen-bond acceptors (Lipinski definition) is 6. The molecule has 4 N–H and O–H groups in total. The normalized spacial score (nSPS) is 46.4. The van der Waals surface area contributed by atoms with Gasteiger partial charge in [-0.05, 0) is 153 Å². The highest BCUT2D eigenvalue weighted by Crippen LogP contribution is 2.68. The zero-order valence-electron chi connectivity index (χ0n) is 29.6. The van der Waals surface area contributed by atoms with Gasteiger partial charge in [0.15, 0.2) is 0 Å². The van der Waals surface area contributed by atoms with Gasteiger partial charge < -0.3 is 20.4 Å². The largest absolute Gasteiger partial charge is 0.393 e. The lowest BCUT2D eigenvalue weighted by Gasteiger charge is -2.63. The van der Waals surface area contributed by atoms with Gasteiger partial charge in [0.2, 0.25) is 0 Å². The van der Waals surface area contributed by atoms with Gasteiger partial charge in [0.1, 0.15) is 0 Å². The molecule has 48 heavy (non-hydrogen) atoms. The Morgan fingerprint density at radius 3 is 2.60 bits per heavy atom. The predicted octanol–water partition coefficient (Wildman–Crippen LogP) is 6.69. The minimum Gasteiger partial charge on any atom is -0.393 e. The van der Waals surface area contributed by atoms with E-state index in [2.05, 4.69) is 62.6 Å². The molecule has 2 bridgehead atoms. The maximum Gasteiger partial charge on any atom is 0.0952 e. The first-order chi connectivity index (χ1) is 23.0. The second kappa shape index (κ2) is 12.4. The van der Waals surface area contributed by atoms with Crippen molar-refractivity contribution in [2.75, 3.05) is 13.1 Å². The summed E-state index contributed by atoms with van der Waals surface area (Å²) in [6, 6.07) is 10.6. The van der Waals surface area contributed by atoms with E-state index >= 15 is 0 Å². The summed E-state index contributed by atoms with van der Waals surface area (Å²) in [5.74, 6) is 3.20. The number of nitrogens with zero attached hydrogens (tertiary/aromatic N) is 2. The first-order valence-corrected chi connectivity index (χ1v) is 19.5. The van der Waals surface area contributed by atoms with Gasteiger partial charge in [-0.3, -0.25) is 9.88 Å². The summed E-state index contributed by atoms with van der Waals surface area (Å²) in [4.78, 5) is 7.62. The fourth-order valence-corrected chi connectivity index (χ4v) is 13.3. The molecular weight excluding hydrogens is 596 g/mol. The summed E-state index contributed by atoms with van der Waals surface area (Å²) in [5, 5.41) is 47.2. The lowest BCUT2D eigenvalue weighted by atomic mass is 9.43. The minimum absolute atomic E-state index is 0.0979.